The first-order chi connectivity index (χ1) is 12.5. The van der Waals surface area contributed by atoms with Crippen LogP contribution in [0.3, 0.4) is 0 Å². The predicted octanol–water partition coefficient (Wildman–Crippen LogP) is 6.67. The monoisotopic (exact) mass is 369 g/mol. The summed E-state index contributed by atoms with van der Waals surface area (Å²) in [6.07, 6.45) is 3.71. The van der Waals surface area contributed by atoms with Crippen molar-refractivity contribution in [3.63, 3.8) is 0 Å². The Hall–Kier alpha value is -2.20. The van der Waals surface area contributed by atoms with E-state index in [2.05, 4.69) is 37.5 Å². The van der Waals surface area contributed by atoms with Crippen LogP contribution in [-0.4, -0.2) is 10.7 Å². The Bertz CT molecular complexity index is 958. The number of hydrogen-bond acceptors (Lipinski definition) is 2. The van der Waals surface area contributed by atoms with Gasteiger partial charge in [0.15, 0.2) is 0 Å². The summed E-state index contributed by atoms with van der Waals surface area (Å²) in [5.74, 6) is 2.39. The van der Waals surface area contributed by atoms with Gasteiger partial charge in [0, 0.05) is 29.1 Å². The zero-order chi connectivity index (χ0) is 18.7. The molecule has 0 aliphatic heterocycles. The van der Waals surface area contributed by atoms with Crippen molar-refractivity contribution in [2.45, 2.75) is 33.6 Å². The number of halogens is 1. The second-order valence-electron chi connectivity index (χ2n) is 6.51. The van der Waals surface area contributed by atoms with Crippen molar-refractivity contribution in [2.75, 3.05) is 5.75 Å². The number of allylic oxidation sites excluding steroid dienone is 2. The minimum Gasteiger partial charge on any atom is -0.461 e. The predicted molar refractivity (Wildman–Crippen MR) is 111 cm³/mol. The van der Waals surface area contributed by atoms with Crippen LogP contribution >= 0.6 is 12.6 Å². The highest BCUT2D eigenvalue weighted by Gasteiger charge is 2.11. The molecule has 0 aliphatic rings. The number of aryl methyl sites for hydroxylation is 1. The van der Waals surface area contributed by atoms with Gasteiger partial charge >= 0.3 is 0 Å². The number of aromatic amines is 1. The minimum absolute atomic E-state index is 0.236. The highest BCUT2D eigenvalue weighted by atomic mass is 32.1. The lowest BCUT2D eigenvalue weighted by atomic mass is 10.0. The summed E-state index contributed by atoms with van der Waals surface area (Å²) in [6, 6.07) is 11.0. The number of fused-ring (bicyclic) bond motifs is 1. The lowest BCUT2D eigenvalue weighted by Gasteiger charge is -2.15. The van der Waals surface area contributed by atoms with Gasteiger partial charge in [-0.3, -0.25) is 0 Å². The minimum atomic E-state index is -0.236. The quantitative estimate of drug-likeness (QED) is 0.368. The van der Waals surface area contributed by atoms with Crippen LogP contribution in [0.25, 0.3) is 22.0 Å². The third-order valence-electron chi connectivity index (χ3n) is 4.71. The van der Waals surface area contributed by atoms with Crippen molar-refractivity contribution in [3.8, 4) is 16.9 Å². The Morgan fingerprint density at radius 3 is 2.69 bits per heavy atom. The smallest absolute Gasteiger partial charge is 0.129 e. The molecule has 136 valence electrons. The molecule has 0 atom stereocenters. The number of nitrogens with one attached hydrogen (secondary N) is 1. The van der Waals surface area contributed by atoms with Crippen LogP contribution in [-0.2, 0) is 0 Å². The molecule has 4 heteroatoms. The molecule has 0 spiro atoms. The lowest BCUT2D eigenvalue weighted by Crippen LogP contribution is -2.01. The summed E-state index contributed by atoms with van der Waals surface area (Å²) >= 11 is 4.34. The highest BCUT2D eigenvalue weighted by molar-refractivity contribution is 7.80. The molecule has 0 unspecified atom stereocenters. The molecule has 0 saturated heterocycles. The van der Waals surface area contributed by atoms with Crippen LogP contribution < -0.4 is 4.74 Å². The van der Waals surface area contributed by atoms with E-state index < -0.39 is 0 Å². The third kappa shape index (κ3) is 3.80. The molecule has 0 radical (unpaired) electrons. The molecule has 2 nitrogen and oxygen atoms in total. The summed E-state index contributed by atoms with van der Waals surface area (Å²) in [4.78, 5) is 3.15. The van der Waals surface area contributed by atoms with Crippen LogP contribution in [0.5, 0.6) is 5.75 Å². The first-order valence-electron chi connectivity index (χ1n) is 8.88. The van der Waals surface area contributed by atoms with Crippen LogP contribution in [0.15, 0.2) is 53.9 Å². The zero-order valence-corrected chi connectivity index (χ0v) is 16.3. The van der Waals surface area contributed by atoms with Crippen LogP contribution in [0, 0.1) is 12.7 Å². The molecule has 3 rings (SSSR count). The molecule has 1 aromatic heterocycles. The Labute approximate surface area is 159 Å². The Kier molecular flexibility index (Phi) is 5.72. The molecule has 3 aromatic rings. The van der Waals surface area contributed by atoms with Gasteiger partial charge in [0.05, 0.1) is 0 Å². The molecule has 1 heterocycles. The number of H-pyrrole nitrogens is 1. The van der Waals surface area contributed by atoms with E-state index in [1.807, 2.05) is 31.3 Å². The first-order valence-corrected chi connectivity index (χ1v) is 9.51. The maximum atomic E-state index is 13.4. The Morgan fingerprint density at radius 2 is 2.00 bits per heavy atom. The molecular formula is C22H24FNOS. The summed E-state index contributed by atoms with van der Waals surface area (Å²) in [5, 5.41) is 1.01. The standard InChI is InChI=1S/C22H24FNOS/c1-4-14(2)22(9-10-26)25-21-8-5-16(11-15(21)3)19-13-24-20-12-17(23)6-7-18(19)20/h5-8,11-13,24,26H,4,9-10H2,1-3H3. The largest absolute Gasteiger partial charge is 0.461 e. The van der Waals surface area contributed by atoms with Crippen LogP contribution in [0.4, 0.5) is 4.39 Å². The number of aromatic nitrogens is 1. The average Bonchev–Trinajstić information content (AvgIpc) is 3.05. The van der Waals surface area contributed by atoms with E-state index in [1.165, 1.54) is 17.7 Å². The number of benzene rings is 2. The van der Waals surface area contributed by atoms with Gasteiger partial charge in [-0.15, -0.1) is 0 Å². The maximum Gasteiger partial charge on any atom is 0.129 e. The van der Waals surface area contributed by atoms with Gasteiger partial charge in [-0.2, -0.15) is 12.6 Å². The topological polar surface area (TPSA) is 25.0 Å². The molecule has 26 heavy (non-hydrogen) atoms. The van der Waals surface area contributed by atoms with E-state index >= 15 is 0 Å². The summed E-state index contributed by atoms with van der Waals surface area (Å²) in [5.41, 5.74) is 5.27. The van der Waals surface area contributed by atoms with Crippen molar-refractivity contribution in [2.24, 2.45) is 0 Å². The second-order valence-corrected chi connectivity index (χ2v) is 6.95. The number of thiol groups is 1. The maximum absolute atomic E-state index is 13.4. The van der Waals surface area contributed by atoms with E-state index in [4.69, 9.17) is 4.74 Å². The second kappa shape index (κ2) is 8.00. The van der Waals surface area contributed by atoms with Crippen LogP contribution in [0.1, 0.15) is 32.3 Å². The zero-order valence-electron chi connectivity index (χ0n) is 15.4. The normalized spacial score (nSPS) is 12.3. The van der Waals surface area contributed by atoms with E-state index in [9.17, 15) is 4.39 Å². The summed E-state index contributed by atoms with van der Waals surface area (Å²) in [6.45, 7) is 6.29. The van der Waals surface area contributed by atoms with Gasteiger partial charge in [0.2, 0.25) is 0 Å². The van der Waals surface area contributed by atoms with Gasteiger partial charge in [-0.1, -0.05) is 13.0 Å². The highest BCUT2D eigenvalue weighted by Crippen LogP contribution is 2.33. The molecule has 0 fully saturated rings. The number of hydrogen-bond donors (Lipinski definition) is 2. The molecular weight excluding hydrogens is 345 g/mol. The first kappa shape index (κ1) is 18.6. The lowest BCUT2D eigenvalue weighted by molar-refractivity contribution is 0.399. The van der Waals surface area contributed by atoms with Gasteiger partial charge in [-0.25, -0.2) is 4.39 Å². The van der Waals surface area contributed by atoms with E-state index in [-0.39, 0.29) is 5.82 Å². The van der Waals surface area contributed by atoms with Crippen LogP contribution in [0.2, 0.25) is 0 Å². The Morgan fingerprint density at radius 1 is 1.19 bits per heavy atom. The van der Waals surface area contributed by atoms with Gasteiger partial charge in [0.25, 0.3) is 0 Å². The molecule has 0 bridgehead atoms. The molecule has 1 N–H and O–H groups in total. The fraction of sp³-hybridized carbons (Fsp3) is 0.273. The molecule has 2 aromatic carbocycles. The Balaban J connectivity index is 1.94. The number of rotatable bonds is 6. The fourth-order valence-corrected chi connectivity index (χ4v) is 3.25. The van der Waals surface area contributed by atoms with Crippen molar-refractivity contribution in [3.05, 3.63) is 65.3 Å². The summed E-state index contributed by atoms with van der Waals surface area (Å²) < 4.78 is 19.6. The molecule has 0 amide bonds. The van der Waals surface area contributed by atoms with E-state index in [0.29, 0.717) is 0 Å². The van der Waals surface area contributed by atoms with Crippen molar-refractivity contribution >= 4 is 23.5 Å². The van der Waals surface area contributed by atoms with Crippen molar-refractivity contribution < 1.29 is 9.13 Å². The van der Waals surface area contributed by atoms with Crippen molar-refractivity contribution in [1.29, 1.82) is 0 Å². The average molecular weight is 370 g/mol. The van der Waals surface area contributed by atoms with Gasteiger partial charge in [0.1, 0.15) is 17.3 Å². The summed E-state index contributed by atoms with van der Waals surface area (Å²) in [7, 11) is 0. The number of ether oxygens (including phenoxy) is 1. The molecule has 0 saturated carbocycles. The van der Waals surface area contributed by atoms with E-state index in [0.717, 1.165) is 57.7 Å². The SMILES string of the molecule is CCC(C)=C(CCS)Oc1ccc(-c2c[nH]c3cc(F)ccc23)cc1C. The van der Waals surface area contributed by atoms with Gasteiger partial charge in [-0.05, 0) is 73.1 Å². The molecule has 0 aliphatic carbocycles. The van der Waals surface area contributed by atoms with Crippen molar-refractivity contribution in [1.82, 2.24) is 4.98 Å². The fourth-order valence-electron chi connectivity index (χ4n) is 3.05. The third-order valence-corrected chi connectivity index (χ3v) is 4.93. The van der Waals surface area contributed by atoms with E-state index in [1.54, 1.807) is 0 Å². The van der Waals surface area contributed by atoms with Gasteiger partial charge < -0.3 is 9.72 Å².